The van der Waals surface area contributed by atoms with Gasteiger partial charge in [-0.25, -0.2) is 4.98 Å². The zero-order valence-electron chi connectivity index (χ0n) is 9.80. The summed E-state index contributed by atoms with van der Waals surface area (Å²) >= 11 is 1.35. The third-order valence-corrected chi connectivity index (χ3v) is 3.12. The lowest BCUT2D eigenvalue weighted by Gasteiger charge is -2.03. The van der Waals surface area contributed by atoms with E-state index in [0.29, 0.717) is 11.7 Å². The van der Waals surface area contributed by atoms with Crippen molar-refractivity contribution >= 4 is 22.4 Å². The SMILES string of the molecule is Nc1nc(CC(=O)NCCc2ccncc2)cs1. The van der Waals surface area contributed by atoms with E-state index in [4.69, 9.17) is 5.73 Å². The molecule has 0 fully saturated rings. The summed E-state index contributed by atoms with van der Waals surface area (Å²) in [5.74, 6) is -0.0330. The van der Waals surface area contributed by atoms with Crippen LogP contribution in [0.1, 0.15) is 11.3 Å². The largest absolute Gasteiger partial charge is 0.375 e. The molecule has 1 amide bonds. The van der Waals surface area contributed by atoms with E-state index in [2.05, 4.69) is 15.3 Å². The summed E-state index contributed by atoms with van der Waals surface area (Å²) in [4.78, 5) is 19.6. The van der Waals surface area contributed by atoms with Gasteiger partial charge in [0, 0.05) is 24.3 Å². The summed E-state index contributed by atoms with van der Waals surface area (Å²) in [6.45, 7) is 0.614. The second-order valence-corrected chi connectivity index (χ2v) is 4.70. The van der Waals surface area contributed by atoms with Crippen molar-refractivity contribution in [2.24, 2.45) is 0 Å². The van der Waals surface area contributed by atoms with Crippen LogP contribution in [0.5, 0.6) is 0 Å². The molecular weight excluding hydrogens is 248 g/mol. The van der Waals surface area contributed by atoms with E-state index in [9.17, 15) is 4.79 Å². The molecule has 0 saturated heterocycles. The van der Waals surface area contributed by atoms with Crippen LogP contribution in [-0.2, 0) is 17.6 Å². The molecule has 2 heterocycles. The molecule has 0 atom stereocenters. The molecule has 0 aromatic carbocycles. The van der Waals surface area contributed by atoms with Gasteiger partial charge in [-0.1, -0.05) is 0 Å². The fraction of sp³-hybridized carbons (Fsp3) is 0.250. The minimum atomic E-state index is -0.0330. The van der Waals surface area contributed by atoms with Crippen LogP contribution in [0.15, 0.2) is 29.9 Å². The molecule has 2 rings (SSSR count). The van der Waals surface area contributed by atoms with Gasteiger partial charge in [-0.3, -0.25) is 9.78 Å². The number of hydrogen-bond acceptors (Lipinski definition) is 5. The number of pyridine rings is 1. The Balaban J connectivity index is 1.72. The highest BCUT2D eigenvalue weighted by atomic mass is 32.1. The van der Waals surface area contributed by atoms with Gasteiger partial charge >= 0.3 is 0 Å². The van der Waals surface area contributed by atoms with Crippen molar-refractivity contribution in [2.75, 3.05) is 12.3 Å². The van der Waals surface area contributed by atoms with Crippen molar-refractivity contribution in [3.63, 3.8) is 0 Å². The molecule has 0 spiro atoms. The molecule has 2 aromatic rings. The normalized spacial score (nSPS) is 10.2. The summed E-state index contributed by atoms with van der Waals surface area (Å²) in [5.41, 5.74) is 7.38. The molecule has 6 heteroatoms. The first-order chi connectivity index (χ1) is 8.74. The van der Waals surface area contributed by atoms with Crippen molar-refractivity contribution in [3.8, 4) is 0 Å². The summed E-state index contributed by atoms with van der Waals surface area (Å²) in [6.07, 6.45) is 4.57. The van der Waals surface area contributed by atoms with Gasteiger partial charge in [0.25, 0.3) is 0 Å². The van der Waals surface area contributed by atoms with E-state index in [-0.39, 0.29) is 12.3 Å². The number of nitrogens with one attached hydrogen (secondary N) is 1. The molecule has 94 valence electrons. The van der Waals surface area contributed by atoms with Crippen LogP contribution in [0.25, 0.3) is 0 Å². The van der Waals surface area contributed by atoms with Gasteiger partial charge in [0.1, 0.15) is 0 Å². The van der Waals surface area contributed by atoms with Crippen molar-refractivity contribution in [1.29, 1.82) is 0 Å². The second kappa shape index (κ2) is 6.11. The van der Waals surface area contributed by atoms with E-state index < -0.39 is 0 Å². The van der Waals surface area contributed by atoms with Crippen LogP contribution in [0.4, 0.5) is 5.13 Å². The molecule has 0 bridgehead atoms. The molecule has 0 aliphatic carbocycles. The minimum absolute atomic E-state index is 0.0330. The van der Waals surface area contributed by atoms with Gasteiger partial charge in [-0.15, -0.1) is 11.3 Å². The average molecular weight is 262 g/mol. The Bertz CT molecular complexity index is 512. The number of nitrogen functional groups attached to an aromatic ring is 1. The third kappa shape index (κ3) is 3.81. The summed E-state index contributed by atoms with van der Waals surface area (Å²) in [7, 11) is 0. The molecule has 2 aromatic heterocycles. The molecule has 18 heavy (non-hydrogen) atoms. The number of rotatable bonds is 5. The number of nitrogens with zero attached hydrogens (tertiary/aromatic N) is 2. The Morgan fingerprint density at radius 2 is 2.17 bits per heavy atom. The maximum Gasteiger partial charge on any atom is 0.226 e. The number of aromatic nitrogens is 2. The van der Waals surface area contributed by atoms with Gasteiger partial charge in [0.05, 0.1) is 12.1 Å². The number of carbonyl (C=O) groups is 1. The Hall–Kier alpha value is -1.95. The summed E-state index contributed by atoms with van der Waals surface area (Å²) < 4.78 is 0. The van der Waals surface area contributed by atoms with Crippen LogP contribution >= 0.6 is 11.3 Å². The number of nitrogens with two attached hydrogens (primary N) is 1. The predicted molar refractivity (Wildman–Crippen MR) is 71.2 cm³/mol. The molecule has 5 nitrogen and oxygen atoms in total. The number of amides is 1. The van der Waals surface area contributed by atoms with Gasteiger partial charge < -0.3 is 11.1 Å². The van der Waals surface area contributed by atoms with Gasteiger partial charge in [0.15, 0.2) is 5.13 Å². The van der Waals surface area contributed by atoms with E-state index in [1.54, 1.807) is 17.8 Å². The number of carbonyl (C=O) groups excluding carboxylic acids is 1. The average Bonchev–Trinajstić information content (AvgIpc) is 2.76. The highest BCUT2D eigenvalue weighted by molar-refractivity contribution is 7.13. The Morgan fingerprint density at radius 3 is 2.83 bits per heavy atom. The van der Waals surface area contributed by atoms with Gasteiger partial charge in [-0.2, -0.15) is 0 Å². The van der Waals surface area contributed by atoms with Crippen LogP contribution in [0, 0.1) is 0 Å². The Labute approximate surface area is 109 Å². The number of anilines is 1. The van der Waals surface area contributed by atoms with Crippen LogP contribution in [-0.4, -0.2) is 22.4 Å². The smallest absolute Gasteiger partial charge is 0.226 e. The quantitative estimate of drug-likeness (QED) is 0.843. The fourth-order valence-electron chi connectivity index (χ4n) is 1.53. The van der Waals surface area contributed by atoms with E-state index in [1.807, 2.05) is 12.1 Å². The van der Waals surface area contributed by atoms with Crippen LogP contribution < -0.4 is 11.1 Å². The Morgan fingerprint density at radius 1 is 1.39 bits per heavy atom. The summed E-state index contributed by atoms with van der Waals surface area (Å²) in [5, 5.41) is 5.15. The van der Waals surface area contributed by atoms with Crippen molar-refractivity contribution in [2.45, 2.75) is 12.8 Å². The topological polar surface area (TPSA) is 80.9 Å². The first-order valence-electron chi connectivity index (χ1n) is 5.59. The van der Waals surface area contributed by atoms with Crippen LogP contribution in [0.3, 0.4) is 0 Å². The highest BCUT2D eigenvalue weighted by Gasteiger charge is 2.05. The standard InChI is InChI=1S/C12H14N4OS/c13-12-16-10(8-18-12)7-11(17)15-6-3-9-1-4-14-5-2-9/h1-2,4-5,8H,3,6-7H2,(H2,13,16)(H,15,17). The fourth-order valence-corrected chi connectivity index (χ4v) is 2.09. The molecule has 3 N–H and O–H groups in total. The van der Waals surface area contributed by atoms with Crippen molar-refractivity contribution in [1.82, 2.24) is 15.3 Å². The third-order valence-electron chi connectivity index (χ3n) is 2.40. The minimum Gasteiger partial charge on any atom is -0.375 e. The Kier molecular flexibility index (Phi) is 4.25. The maximum absolute atomic E-state index is 11.6. The predicted octanol–water partition coefficient (Wildman–Crippen LogP) is 1.02. The zero-order valence-corrected chi connectivity index (χ0v) is 10.6. The van der Waals surface area contributed by atoms with Crippen molar-refractivity contribution in [3.05, 3.63) is 41.2 Å². The lowest BCUT2D eigenvalue weighted by atomic mass is 10.2. The van der Waals surface area contributed by atoms with E-state index >= 15 is 0 Å². The van der Waals surface area contributed by atoms with Gasteiger partial charge in [0.2, 0.25) is 5.91 Å². The first-order valence-corrected chi connectivity index (χ1v) is 6.47. The molecule has 0 aliphatic rings. The molecule has 0 aliphatic heterocycles. The number of thiazole rings is 1. The maximum atomic E-state index is 11.6. The summed E-state index contributed by atoms with van der Waals surface area (Å²) in [6, 6.07) is 3.88. The van der Waals surface area contributed by atoms with Crippen LogP contribution in [0.2, 0.25) is 0 Å². The van der Waals surface area contributed by atoms with E-state index in [0.717, 1.165) is 17.7 Å². The molecule has 0 saturated carbocycles. The number of hydrogen-bond donors (Lipinski definition) is 2. The lowest BCUT2D eigenvalue weighted by molar-refractivity contribution is -0.120. The van der Waals surface area contributed by atoms with Crippen molar-refractivity contribution < 1.29 is 4.79 Å². The monoisotopic (exact) mass is 262 g/mol. The molecular formula is C12H14N4OS. The first kappa shape index (κ1) is 12.5. The second-order valence-electron chi connectivity index (χ2n) is 3.81. The van der Waals surface area contributed by atoms with E-state index in [1.165, 1.54) is 11.3 Å². The molecule has 0 radical (unpaired) electrons. The van der Waals surface area contributed by atoms with Gasteiger partial charge in [-0.05, 0) is 24.1 Å². The molecule has 0 unspecified atom stereocenters. The lowest BCUT2D eigenvalue weighted by Crippen LogP contribution is -2.27. The zero-order chi connectivity index (χ0) is 12.8. The highest BCUT2D eigenvalue weighted by Crippen LogP contribution is 2.11.